The molecule has 3 heteroatoms. The molecule has 3 nitrogen and oxygen atoms in total. The Hall–Kier alpha value is -1.09. The highest BCUT2D eigenvalue weighted by atomic mass is 16.5. The average molecular weight is 349 g/mol. The number of aliphatic hydroxyl groups is 1. The van der Waals surface area contributed by atoms with Crippen molar-refractivity contribution in [1.82, 2.24) is 0 Å². The molecule has 0 unspecified atom stereocenters. The second-order valence-electron chi connectivity index (χ2n) is 8.93. The predicted octanol–water partition coefficient (Wildman–Crippen LogP) is 5.19. The third kappa shape index (κ3) is 4.36. The van der Waals surface area contributed by atoms with E-state index in [1.807, 2.05) is 0 Å². The molecule has 1 saturated carbocycles. The minimum atomic E-state index is -0.691. The summed E-state index contributed by atoms with van der Waals surface area (Å²) in [5.41, 5.74) is 1.88. The first-order valence-electron chi connectivity index (χ1n) is 9.80. The quantitative estimate of drug-likeness (QED) is 0.552. The van der Waals surface area contributed by atoms with E-state index in [4.69, 9.17) is 4.74 Å². The van der Waals surface area contributed by atoms with Crippen LogP contribution in [0.15, 0.2) is 23.3 Å². The summed E-state index contributed by atoms with van der Waals surface area (Å²) >= 11 is 0. The largest absolute Gasteiger partial charge is 0.458 e. The van der Waals surface area contributed by atoms with Gasteiger partial charge in [-0.1, -0.05) is 38.5 Å². The molecule has 0 aromatic rings. The Morgan fingerprint density at radius 2 is 1.96 bits per heavy atom. The highest BCUT2D eigenvalue weighted by Gasteiger charge is 2.55. The topological polar surface area (TPSA) is 46.5 Å². The van der Waals surface area contributed by atoms with E-state index in [-0.39, 0.29) is 29.3 Å². The van der Waals surface area contributed by atoms with Crippen LogP contribution < -0.4 is 0 Å². The minimum absolute atomic E-state index is 0.0449. The fraction of sp³-hybridized carbons (Fsp3) is 0.773. The van der Waals surface area contributed by atoms with Gasteiger partial charge in [0.05, 0.1) is 5.60 Å². The first kappa shape index (κ1) is 20.2. The molecule has 1 N–H and O–H groups in total. The van der Waals surface area contributed by atoms with Gasteiger partial charge in [-0.05, 0) is 75.2 Å². The van der Waals surface area contributed by atoms with Crippen LogP contribution >= 0.6 is 0 Å². The van der Waals surface area contributed by atoms with Gasteiger partial charge < -0.3 is 9.84 Å². The molecule has 0 aromatic heterocycles. The molecule has 142 valence electrons. The molecule has 0 radical (unpaired) electrons. The number of allylic oxidation sites excluding steroid dienone is 3. The molecule has 0 aromatic carbocycles. The molecule has 25 heavy (non-hydrogen) atoms. The van der Waals surface area contributed by atoms with Crippen molar-refractivity contribution in [2.24, 2.45) is 17.3 Å². The molecule has 0 amide bonds. The number of hydrogen-bond acceptors (Lipinski definition) is 3. The molecule has 2 rings (SSSR count). The number of fused-ring (bicyclic) bond motifs is 1. The smallest absolute Gasteiger partial charge is 0.303 e. The monoisotopic (exact) mass is 348 g/mol. The summed E-state index contributed by atoms with van der Waals surface area (Å²) in [5.74, 6) is 0.0707. The summed E-state index contributed by atoms with van der Waals surface area (Å²) in [6, 6.07) is 0. The van der Waals surface area contributed by atoms with Gasteiger partial charge in [0.2, 0.25) is 0 Å². The average Bonchev–Trinajstić information content (AvgIpc) is 2.77. The molecule has 0 bridgehead atoms. The van der Waals surface area contributed by atoms with Crippen LogP contribution in [0.5, 0.6) is 0 Å². The van der Waals surface area contributed by atoms with Crippen LogP contribution in [0.3, 0.4) is 0 Å². The summed E-state index contributed by atoms with van der Waals surface area (Å²) in [6.45, 7) is 12.3. The highest BCUT2D eigenvalue weighted by Crippen LogP contribution is 2.56. The standard InChI is InChI=1S/C22H36O3/c1-15(2)22(24)13-12-21(6)11-10-16(3)8-7-9-17(4)19(14-20(21)22)25-18(5)23/h9-10,15,19-20,24H,7-8,11-14H2,1-6H3/b16-10+,17-9+/t19-,20+,21-,22+/m0/s1. The van der Waals surface area contributed by atoms with E-state index in [0.717, 1.165) is 37.7 Å². The van der Waals surface area contributed by atoms with Crippen molar-refractivity contribution in [3.63, 3.8) is 0 Å². The third-order valence-corrected chi connectivity index (χ3v) is 6.73. The molecule has 0 spiro atoms. The molecule has 0 saturated heterocycles. The molecule has 2 aliphatic rings. The zero-order chi connectivity index (χ0) is 18.8. The molecular weight excluding hydrogens is 312 g/mol. The number of carbonyl (C=O) groups excluding carboxylic acids is 1. The van der Waals surface area contributed by atoms with E-state index < -0.39 is 5.60 Å². The Morgan fingerprint density at radius 3 is 2.56 bits per heavy atom. The van der Waals surface area contributed by atoms with Gasteiger partial charge in [-0.25, -0.2) is 0 Å². The van der Waals surface area contributed by atoms with E-state index >= 15 is 0 Å². The molecule has 1 fully saturated rings. The molecule has 2 aliphatic carbocycles. The van der Waals surface area contributed by atoms with E-state index in [1.165, 1.54) is 12.5 Å². The van der Waals surface area contributed by atoms with E-state index in [9.17, 15) is 9.90 Å². The van der Waals surface area contributed by atoms with Crippen molar-refractivity contribution in [3.8, 4) is 0 Å². The maximum Gasteiger partial charge on any atom is 0.303 e. The first-order valence-corrected chi connectivity index (χ1v) is 9.80. The van der Waals surface area contributed by atoms with Crippen LogP contribution in [0.25, 0.3) is 0 Å². The summed E-state index contributed by atoms with van der Waals surface area (Å²) in [5, 5.41) is 11.5. The lowest BCUT2D eigenvalue weighted by atomic mass is 9.67. The van der Waals surface area contributed by atoms with E-state index in [2.05, 4.69) is 46.8 Å². The van der Waals surface area contributed by atoms with Crippen LogP contribution in [-0.2, 0) is 9.53 Å². The van der Waals surface area contributed by atoms with Crippen LogP contribution in [-0.4, -0.2) is 22.8 Å². The lowest BCUT2D eigenvalue weighted by Gasteiger charge is -2.42. The van der Waals surface area contributed by atoms with Gasteiger partial charge in [0.1, 0.15) is 6.10 Å². The van der Waals surface area contributed by atoms with Crippen LogP contribution in [0.4, 0.5) is 0 Å². The summed E-state index contributed by atoms with van der Waals surface area (Å²) in [6.07, 6.45) is 9.90. The Labute approximate surface area is 153 Å². The van der Waals surface area contributed by atoms with Crippen LogP contribution in [0.1, 0.15) is 80.1 Å². The number of rotatable bonds is 2. The molecule has 4 atom stereocenters. The Morgan fingerprint density at radius 1 is 1.28 bits per heavy atom. The zero-order valence-corrected chi connectivity index (χ0v) is 16.9. The second-order valence-corrected chi connectivity index (χ2v) is 8.93. The minimum Gasteiger partial charge on any atom is -0.458 e. The summed E-state index contributed by atoms with van der Waals surface area (Å²) in [4.78, 5) is 11.7. The highest BCUT2D eigenvalue weighted by molar-refractivity contribution is 5.66. The van der Waals surface area contributed by atoms with Crippen molar-refractivity contribution in [2.45, 2.75) is 91.8 Å². The fourth-order valence-electron chi connectivity index (χ4n) is 4.77. The lowest BCUT2D eigenvalue weighted by molar-refractivity contribution is -0.148. The van der Waals surface area contributed by atoms with Gasteiger partial charge in [-0.2, -0.15) is 0 Å². The Bertz CT molecular complexity index is 560. The van der Waals surface area contributed by atoms with Crippen molar-refractivity contribution in [2.75, 3.05) is 0 Å². The SMILES string of the molecule is CC(=O)O[C@H]1C[C@@H]2[C@@](C)(C/C=C(\C)CC/C=C/1C)CC[C@@]2(O)C(C)C. The maximum atomic E-state index is 11.7. The summed E-state index contributed by atoms with van der Waals surface area (Å²) in [7, 11) is 0. The number of hydrogen-bond donors (Lipinski definition) is 1. The maximum absolute atomic E-state index is 11.7. The van der Waals surface area contributed by atoms with Gasteiger partial charge in [-0.3, -0.25) is 4.79 Å². The van der Waals surface area contributed by atoms with E-state index in [1.54, 1.807) is 0 Å². The fourth-order valence-corrected chi connectivity index (χ4v) is 4.77. The predicted molar refractivity (Wildman–Crippen MR) is 102 cm³/mol. The first-order chi connectivity index (χ1) is 11.6. The molecular formula is C22H36O3. The van der Waals surface area contributed by atoms with Gasteiger partial charge in [0.25, 0.3) is 0 Å². The third-order valence-electron chi connectivity index (χ3n) is 6.73. The summed E-state index contributed by atoms with van der Waals surface area (Å²) < 4.78 is 5.69. The Kier molecular flexibility index (Phi) is 6.19. The van der Waals surface area contributed by atoms with Crippen molar-refractivity contribution >= 4 is 5.97 Å². The zero-order valence-electron chi connectivity index (χ0n) is 16.9. The van der Waals surface area contributed by atoms with Gasteiger partial charge in [0, 0.05) is 6.92 Å². The molecule has 0 heterocycles. The van der Waals surface area contributed by atoms with Crippen molar-refractivity contribution in [3.05, 3.63) is 23.3 Å². The number of esters is 1. The second kappa shape index (κ2) is 7.65. The Balaban J connectivity index is 2.45. The lowest BCUT2D eigenvalue weighted by Crippen LogP contribution is -2.45. The number of carbonyl (C=O) groups is 1. The number of ether oxygens (including phenoxy) is 1. The van der Waals surface area contributed by atoms with Gasteiger partial charge in [0.15, 0.2) is 0 Å². The van der Waals surface area contributed by atoms with Crippen LogP contribution in [0, 0.1) is 17.3 Å². The van der Waals surface area contributed by atoms with Gasteiger partial charge in [-0.15, -0.1) is 0 Å². The normalized spacial score (nSPS) is 41.1. The van der Waals surface area contributed by atoms with E-state index in [0.29, 0.717) is 6.42 Å². The van der Waals surface area contributed by atoms with Crippen molar-refractivity contribution in [1.29, 1.82) is 0 Å². The van der Waals surface area contributed by atoms with Crippen LogP contribution in [0.2, 0.25) is 0 Å². The molecule has 0 aliphatic heterocycles. The van der Waals surface area contributed by atoms with Crippen molar-refractivity contribution < 1.29 is 14.6 Å². The van der Waals surface area contributed by atoms with Gasteiger partial charge >= 0.3 is 5.97 Å².